The van der Waals surface area contributed by atoms with Crippen LogP contribution in [0.2, 0.25) is 0 Å². The second kappa shape index (κ2) is 15.5. The SMILES string of the molecule is O=C(C[C@@H](c1ccc(F)cc1)c1cc(F)cc(F)c1)Nc1cncc(F)c1CC[C@H]1CNCCN1C(=O)CCOc1ccccc1. The van der Waals surface area contributed by atoms with Gasteiger partial charge in [-0.25, -0.2) is 17.6 Å². The van der Waals surface area contributed by atoms with Crippen molar-refractivity contribution >= 4 is 17.5 Å². The molecule has 1 fully saturated rings. The number of halogens is 4. The number of carbonyl (C=O) groups is 2. The molecule has 3 aromatic carbocycles. The number of nitrogens with zero attached hydrogens (tertiary/aromatic N) is 2. The molecule has 7 nitrogen and oxygen atoms in total. The average Bonchev–Trinajstić information content (AvgIpc) is 3.04. The van der Waals surface area contributed by atoms with Crippen LogP contribution in [0, 0.1) is 23.3 Å². The van der Waals surface area contributed by atoms with Crippen molar-refractivity contribution in [3.8, 4) is 5.75 Å². The number of para-hydroxylation sites is 1. The van der Waals surface area contributed by atoms with Crippen molar-refractivity contribution in [2.75, 3.05) is 31.6 Å². The second-order valence-electron chi connectivity index (χ2n) is 11.1. The molecule has 1 aliphatic rings. The van der Waals surface area contributed by atoms with Crippen molar-refractivity contribution in [1.82, 2.24) is 15.2 Å². The molecule has 0 unspecified atom stereocenters. The van der Waals surface area contributed by atoms with E-state index in [4.69, 9.17) is 4.74 Å². The van der Waals surface area contributed by atoms with Crippen LogP contribution in [0.5, 0.6) is 5.75 Å². The Bertz CT molecular complexity index is 1620. The fourth-order valence-electron chi connectivity index (χ4n) is 5.68. The summed E-state index contributed by atoms with van der Waals surface area (Å²) < 4.78 is 62.7. The summed E-state index contributed by atoms with van der Waals surface area (Å²) in [6.07, 6.45) is 2.96. The number of anilines is 1. The number of benzene rings is 3. The summed E-state index contributed by atoms with van der Waals surface area (Å²) in [7, 11) is 0. The van der Waals surface area contributed by atoms with E-state index < -0.39 is 35.1 Å². The lowest BCUT2D eigenvalue weighted by atomic mass is 9.88. The van der Waals surface area contributed by atoms with Gasteiger partial charge in [0.15, 0.2) is 0 Å². The molecule has 240 valence electrons. The highest BCUT2D eigenvalue weighted by molar-refractivity contribution is 5.92. The third-order valence-corrected chi connectivity index (χ3v) is 7.95. The number of hydrogen-bond acceptors (Lipinski definition) is 5. The Balaban J connectivity index is 1.26. The Hall–Kier alpha value is -4.77. The van der Waals surface area contributed by atoms with Crippen molar-refractivity contribution in [1.29, 1.82) is 0 Å². The summed E-state index contributed by atoms with van der Waals surface area (Å²) in [6.45, 7) is 1.90. The predicted octanol–water partition coefficient (Wildman–Crippen LogP) is 6.00. The highest BCUT2D eigenvalue weighted by Crippen LogP contribution is 2.31. The minimum atomic E-state index is -0.812. The largest absolute Gasteiger partial charge is 0.493 e. The predicted molar refractivity (Wildman–Crippen MR) is 165 cm³/mol. The Labute approximate surface area is 264 Å². The van der Waals surface area contributed by atoms with Gasteiger partial charge in [0.05, 0.1) is 31.1 Å². The molecule has 0 spiro atoms. The number of nitrogens with one attached hydrogen (secondary N) is 2. The van der Waals surface area contributed by atoms with Gasteiger partial charge in [0.2, 0.25) is 11.8 Å². The van der Waals surface area contributed by atoms with E-state index in [2.05, 4.69) is 15.6 Å². The number of rotatable bonds is 12. The number of ether oxygens (including phenoxy) is 1. The van der Waals surface area contributed by atoms with Crippen LogP contribution in [-0.2, 0) is 16.0 Å². The van der Waals surface area contributed by atoms with Crippen LogP contribution < -0.4 is 15.4 Å². The molecule has 2 N–H and O–H groups in total. The molecule has 46 heavy (non-hydrogen) atoms. The lowest BCUT2D eigenvalue weighted by Crippen LogP contribution is -2.54. The van der Waals surface area contributed by atoms with E-state index in [0.29, 0.717) is 37.4 Å². The maximum Gasteiger partial charge on any atom is 0.226 e. The van der Waals surface area contributed by atoms with Crippen LogP contribution in [-0.4, -0.2) is 54.0 Å². The van der Waals surface area contributed by atoms with Crippen molar-refractivity contribution in [3.05, 3.63) is 125 Å². The number of hydrogen-bond donors (Lipinski definition) is 2. The maximum atomic E-state index is 15.1. The lowest BCUT2D eigenvalue weighted by molar-refractivity contribution is -0.135. The first-order valence-corrected chi connectivity index (χ1v) is 15.1. The third kappa shape index (κ3) is 8.69. The van der Waals surface area contributed by atoms with Gasteiger partial charge in [-0.05, 0) is 60.4 Å². The summed E-state index contributed by atoms with van der Waals surface area (Å²) in [4.78, 5) is 32.1. The van der Waals surface area contributed by atoms with Gasteiger partial charge in [0.25, 0.3) is 0 Å². The molecule has 1 aromatic heterocycles. The molecule has 0 bridgehead atoms. The van der Waals surface area contributed by atoms with Crippen LogP contribution in [0.25, 0.3) is 0 Å². The molecule has 0 saturated carbocycles. The van der Waals surface area contributed by atoms with Crippen LogP contribution in [0.1, 0.15) is 41.9 Å². The lowest BCUT2D eigenvalue weighted by Gasteiger charge is -2.36. The molecule has 0 aliphatic carbocycles. The normalized spacial score (nSPS) is 15.3. The minimum absolute atomic E-state index is 0.0632. The zero-order valence-corrected chi connectivity index (χ0v) is 25.0. The van der Waals surface area contributed by atoms with Crippen molar-refractivity contribution in [2.45, 2.75) is 37.6 Å². The molecular formula is C35H34F4N4O3. The molecule has 2 amide bonds. The molecule has 11 heteroatoms. The maximum absolute atomic E-state index is 15.1. The van der Waals surface area contributed by atoms with Gasteiger partial charge < -0.3 is 20.3 Å². The quantitative estimate of drug-likeness (QED) is 0.187. The van der Waals surface area contributed by atoms with E-state index in [9.17, 15) is 22.8 Å². The summed E-state index contributed by atoms with van der Waals surface area (Å²) >= 11 is 0. The smallest absolute Gasteiger partial charge is 0.226 e. The van der Waals surface area contributed by atoms with E-state index in [1.807, 2.05) is 30.3 Å². The van der Waals surface area contributed by atoms with Crippen molar-refractivity contribution in [3.63, 3.8) is 0 Å². The highest BCUT2D eigenvalue weighted by atomic mass is 19.1. The zero-order valence-electron chi connectivity index (χ0n) is 25.0. The van der Waals surface area contributed by atoms with Crippen LogP contribution >= 0.6 is 0 Å². The number of aromatic nitrogens is 1. The summed E-state index contributed by atoms with van der Waals surface area (Å²) in [5.41, 5.74) is 1.05. The average molecular weight is 635 g/mol. The van der Waals surface area contributed by atoms with E-state index in [1.165, 1.54) is 30.5 Å². The van der Waals surface area contributed by atoms with Gasteiger partial charge in [-0.2, -0.15) is 0 Å². The fraction of sp³-hybridized carbons (Fsp3) is 0.286. The molecule has 5 rings (SSSR count). The summed E-state index contributed by atoms with van der Waals surface area (Å²) in [5.74, 6) is -3.48. The molecule has 1 saturated heterocycles. The van der Waals surface area contributed by atoms with Gasteiger partial charge in [0, 0.05) is 49.6 Å². The van der Waals surface area contributed by atoms with E-state index in [-0.39, 0.29) is 54.6 Å². The first-order valence-electron chi connectivity index (χ1n) is 15.1. The Morgan fingerprint density at radius 1 is 0.935 bits per heavy atom. The number of amides is 2. The van der Waals surface area contributed by atoms with Gasteiger partial charge in [0.1, 0.15) is 29.0 Å². The monoisotopic (exact) mass is 634 g/mol. The molecule has 0 radical (unpaired) electrons. The van der Waals surface area contributed by atoms with Crippen LogP contribution in [0.3, 0.4) is 0 Å². The molecule has 4 aromatic rings. The van der Waals surface area contributed by atoms with Crippen molar-refractivity contribution < 1.29 is 31.9 Å². The van der Waals surface area contributed by atoms with E-state index >= 15 is 4.39 Å². The molecule has 2 atom stereocenters. The summed E-state index contributed by atoms with van der Waals surface area (Å²) in [6, 6.07) is 17.3. The Morgan fingerprint density at radius 3 is 2.41 bits per heavy atom. The van der Waals surface area contributed by atoms with Crippen LogP contribution in [0.15, 0.2) is 85.2 Å². The summed E-state index contributed by atoms with van der Waals surface area (Å²) in [5, 5.41) is 6.00. The minimum Gasteiger partial charge on any atom is -0.493 e. The van der Waals surface area contributed by atoms with Crippen molar-refractivity contribution in [2.24, 2.45) is 0 Å². The van der Waals surface area contributed by atoms with Crippen LogP contribution in [0.4, 0.5) is 23.2 Å². The van der Waals surface area contributed by atoms with Gasteiger partial charge in [-0.3, -0.25) is 14.6 Å². The fourth-order valence-corrected chi connectivity index (χ4v) is 5.68. The first kappa shape index (κ1) is 32.6. The zero-order chi connectivity index (χ0) is 32.5. The number of piperazine rings is 1. The number of carbonyl (C=O) groups excluding carboxylic acids is 2. The van der Waals surface area contributed by atoms with Gasteiger partial charge in [-0.15, -0.1) is 0 Å². The third-order valence-electron chi connectivity index (χ3n) is 7.95. The first-order chi connectivity index (χ1) is 22.3. The Kier molecular flexibility index (Phi) is 11.0. The number of pyridine rings is 1. The second-order valence-corrected chi connectivity index (χ2v) is 11.1. The van der Waals surface area contributed by atoms with E-state index in [0.717, 1.165) is 24.4 Å². The highest BCUT2D eigenvalue weighted by Gasteiger charge is 2.27. The standard InChI is InChI=1S/C35H34F4N4O3/c36-25-8-6-23(7-9-25)31(24-16-26(37)18-27(38)17-24)19-34(44)42-33-22-41-21-32(39)30(33)11-10-28-20-40-13-14-43(28)35(45)12-15-46-29-4-2-1-3-5-29/h1-9,16-18,21-22,28,31,40H,10-15,19-20H2,(H,42,44)/t28-,31-/m0/s1. The van der Waals surface area contributed by atoms with Gasteiger partial charge in [-0.1, -0.05) is 30.3 Å². The topological polar surface area (TPSA) is 83.6 Å². The Morgan fingerprint density at radius 2 is 1.67 bits per heavy atom. The molecule has 1 aliphatic heterocycles. The van der Waals surface area contributed by atoms with E-state index in [1.54, 1.807) is 4.90 Å². The molecule has 2 heterocycles. The molecular weight excluding hydrogens is 600 g/mol. The van der Waals surface area contributed by atoms with Gasteiger partial charge >= 0.3 is 0 Å².